The van der Waals surface area contributed by atoms with Crippen LogP contribution in [0.2, 0.25) is 0 Å². The third-order valence-corrected chi connectivity index (χ3v) is 3.07. The number of nitrogens with zero attached hydrogens (tertiary/aromatic N) is 3. The fourth-order valence-corrected chi connectivity index (χ4v) is 1.83. The number of hydrogen-bond donors (Lipinski definition) is 1. The van der Waals surface area contributed by atoms with Crippen LogP contribution in [0.1, 0.15) is 18.9 Å². The number of piperidine rings is 1. The minimum absolute atomic E-state index is 0.239. The molecular formula is C11H18N4. The summed E-state index contributed by atoms with van der Waals surface area (Å²) >= 11 is 0. The van der Waals surface area contributed by atoms with Crippen LogP contribution < -0.4 is 10.6 Å². The molecular weight excluding hydrogens is 188 g/mol. The first-order chi connectivity index (χ1) is 7.16. The summed E-state index contributed by atoms with van der Waals surface area (Å²) in [4.78, 5) is 10.8. The van der Waals surface area contributed by atoms with Crippen molar-refractivity contribution in [1.82, 2.24) is 9.97 Å². The Morgan fingerprint density at radius 3 is 2.67 bits per heavy atom. The lowest BCUT2D eigenvalue weighted by atomic mass is 9.94. The van der Waals surface area contributed by atoms with Crippen molar-refractivity contribution in [3.8, 4) is 0 Å². The molecule has 2 heterocycles. The van der Waals surface area contributed by atoms with Crippen LogP contribution in [0.5, 0.6) is 0 Å². The minimum Gasteiger partial charge on any atom is -0.339 e. The average molecular weight is 206 g/mol. The molecule has 1 aromatic rings. The molecule has 2 rings (SSSR count). The molecule has 2 N–H and O–H groups in total. The molecule has 4 nitrogen and oxygen atoms in total. The molecule has 1 aliphatic rings. The Bertz CT molecular complexity index is 322. The van der Waals surface area contributed by atoms with Gasteiger partial charge in [-0.1, -0.05) is 6.92 Å². The largest absolute Gasteiger partial charge is 0.339 e. The number of aryl methyl sites for hydroxylation is 1. The topological polar surface area (TPSA) is 55.0 Å². The van der Waals surface area contributed by atoms with Gasteiger partial charge in [-0.05, 0) is 24.8 Å². The van der Waals surface area contributed by atoms with Gasteiger partial charge in [-0.3, -0.25) is 0 Å². The highest BCUT2D eigenvalue weighted by atomic mass is 15.3. The Balaban J connectivity index is 2.08. The van der Waals surface area contributed by atoms with Crippen molar-refractivity contribution in [1.29, 1.82) is 0 Å². The van der Waals surface area contributed by atoms with Crippen molar-refractivity contribution in [2.24, 2.45) is 11.7 Å². The molecule has 0 spiro atoms. The SMILES string of the molecule is Cc1cnc(N2CCC(C)C(N)C2)nc1. The predicted octanol–water partition coefficient (Wildman–Crippen LogP) is 0.959. The van der Waals surface area contributed by atoms with E-state index in [1.807, 2.05) is 19.3 Å². The van der Waals surface area contributed by atoms with Crippen LogP contribution in [0.3, 0.4) is 0 Å². The van der Waals surface area contributed by atoms with Gasteiger partial charge in [0.05, 0.1) is 0 Å². The second kappa shape index (κ2) is 4.14. The first kappa shape index (κ1) is 10.4. The van der Waals surface area contributed by atoms with E-state index in [1.165, 1.54) is 0 Å². The van der Waals surface area contributed by atoms with Gasteiger partial charge in [-0.15, -0.1) is 0 Å². The maximum absolute atomic E-state index is 6.04. The fraction of sp³-hybridized carbons (Fsp3) is 0.636. The van der Waals surface area contributed by atoms with E-state index in [1.54, 1.807) is 0 Å². The van der Waals surface area contributed by atoms with E-state index < -0.39 is 0 Å². The van der Waals surface area contributed by atoms with Crippen LogP contribution >= 0.6 is 0 Å². The highest BCUT2D eigenvalue weighted by Gasteiger charge is 2.24. The Labute approximate surface area is 90.5 Å². The molecule has 0 amide bonds. The standard InChI is InChI=1S/C11H18N4/c1-8-5-13-11(14-6-8)15-4-3-9(2)10(12)7-15/h5-6,9-10H,3-4,7,12H2,1-2H3. The van der Waals surface area contributed by atoms with Gasteiger partial charge in [-0.25, -0.2) is 9.97 Å². The van der Waals surface area contributed by atoms with E-state index in [0.29, 0.717) is 5.92 Å². The average Bonchev–Trinajstić information content (AvgIpc) is 2.23. The molecule has 0 bridgehead atoms. The summed E-state index contributed by atoms with van der Waals surface area (Å²) < 4.78 is 0. The number of rotatable bonds is 1. The summed E-state index contributed by atoms with van der Waals surface area (Å²) in [5.41, 5.74) is 7.13. The Hall–Kier alpha value is -1.16. The molecule has 1 saturated heterocycles. The van der Waals surface area contributed by atoms with Crippen LogP contribution in [0.4, 0.5) is 5.95 Å². The summed E-state index contributed by atoms with van der Waals surface area (Å²) in [6.45, 7) is 6.08. The van der Waals surface area contributed by atoms with Crippen molar-refractivity contribution in [2.75, 3.05) is 18.0 Å². The van der Waals surface area contributed by atoms with E-state index in [-0.39, 0.29) is 6.04 Å². The molecule has 0 radical (unpaired) electrons. The van der Waals surface area contributed by atoms with Gasteiger partial charge in [0.15, 0.2) is 0 Å². The van der Waals surface area contributed by atoms with Crippen molar-refractivity contribution in [3.05, 3.63) is 18.0 Å². The maximum atomic E-state index is 6.04. The van der Waals surface area contributed by atoms with Crippen LogP contribution in [0, 0.1) is 12.8 Å². The molecule has 0 aliphatic carbocycles. The quantitative estimate of drug-likeness (QED) is 0.743. The summed E-state index contributed by atoms with van der Waals surface area (Å²) in [7, 11) is 0. The molecule has 1 aromatic heterocycles. The third kappa shape index (κ3) is 2.26. The minimum atomic E-state index is 0.239. The van der Waals surface area contributed by atoms with Gasteiger partial charge < -0.3 is 10.6 Å². The zero-order chi connectivity index (χ0) is 10.8. The smallest absolute Gasteiger partial charge is 0.225 e. The lowest BCUT2D eigenvalue weighted by Gasteiger charge is -2.34. The highest BCUT2D eigenvalue weighted by molar-refractivity contribution is 5.31. The molecule has 4 heteroatoms. The van der Waals surface area contributed by atoms with Crippen LogP contribution in [0.15, 0.2) is 12.4 Å². The van der Waals surface area contributed by atoms with Gasteiger partial charge in [0.1, 0.15) is 0 Å². The Morgan fingerprint density at radius 1 is 1.40 bits per heavy atom. The third-order valence-electron chi connectivity index (χ3n) is 3.07. The van der Waals surface area contributed by atoms with E-state index in [2.05, 4.69) is 21.8 Å². The van der Waals surface area contributed by atoms with E-state index in [0.717, 1.165) is 31.0 Å². The Kier molecular flexibility index (Phi) is 2.86. The molecule has 2 unspecified atom stereocenters. The second-order valence-corrected chi connectivity index (χ2v) is 4.44. The lowest BCUT2D eigenvalue weighted by Crippen LogP contribution is -2.48. The summed E-state index contributed by atoms with van der Waals surface area (Å²) in [6, 6.07) is 0.239. The molecule has 2 atom stereocenters. The van der Waals surface area contributed by atoms with E-state index in [4.69, 9.17) is 5.73 Å². The number of hydrogen-bond acceptors (Lipinski definition) is 4. The molecule has 1 fully saturated rings. The zero-order valence-electron chi connectivity index (χ0n) is 9.35. The van der Waals surface area contributed by atoms with E-state index in [9.17, 15) is 0 Å². The van der Waals surface area contributed by atoms with Crippen molar-refractivity contribution < 1.29 is 0 Å². The predicted molar refractivity (Wildman–Crippen MR) is 60.7 cm³/mol. The van der Waals surface area contributed by atoms with Gasteiger partial charge in [0.25, 0.3) is 0 Å². The van der Waals surface area contributed by atoms with Crippen molar-refractivity contribution in [2.45, 2.75) is 26.3 Å². The lowest BCUT2D eigenvalue weighted by molar-refractivity contribution is 0.376. The number of aromatic nitrogens is 2. The molecule has 0 aromatic carbocycles. The van der Waals surface area contributed by atoms with Crippen molar-refractivity contribution >= 4 is 5.95 Å². The highest BCUT2D eigenvalue weighted by Crippen LogP contribution is 2.18. The van der Waals surface area contributed by atoms with Gasteiger partial charge in [0.2, 0.25) is 5.95 Å². The first-order valence-electron chi connectivity index (χ1n) is 5.46. The molecule has 82 valence electrons. The first-order valence-corrected chi connectivity index (χ1v) is 5.46. The van der Waals surface area contributed by atoms with Gasteiger partial charge in [0, 0.05) is 31.5 Å². The van der Waals surface area contributed by atoms with E-state index >= 15 is 0 Å². The monoisotopic (exact) mass is 206 g/mol. The zero-order valence-corrected chi connectivity index (χ0v) is 9.35. The van der Waals surface area contributed by atoms with Crippen LogP contribution in [0.25, 0.3) is 0 Å². The molecule has 0 saturated carbocycles. The number of nitrogens with two attached hydrogens (primary N) is 1. The van der Waals surface area contributed by atoms with Gasteiger partial charge >= 0.3 is 0 Å². The van der Waals surface area contributed by atoms with Crippen molar-refractivity contribution in [3.63, 3.8) is 0 Å². The fourth-order valence-electron chi connectivity index (χ4n) is 1.83. The van der Waals surface area contributed by atoms with Gasteiger partial charge in [-0.2, -0.15) is 0 Å². The second-order valence-electron chi connectivity index (χ2n) is 4.44. The van der Waals surface area contributed by atoms with Crippen LogP contribution in [-0.4, -0.2) is 29.1 Å². The Morgan fingerprint density at radius 2 is 2.07 bits per heavy atom. The molecule has 1 aliphatic heterocycles. The van der Waals surface area contributed by atoms with Crippen LogP contribution in [-0.2, 0) is 0 Å². The maximum Gasteiger partial charge on any atom is 0.225 e. The summed E-state index contributed by atoms with van der Waals surface area (Å²) in [5, 5.41) is 0. The summed E-state index contributed by atoms with van der Waals surface area (Å²) in [5.74, 6) is 1.41. The summed E-state index contributed by atoms with van der Waals surface area (Å²) in [6.07, 6.45) is 4.83. The molecule has 15 heavy (non-hydrogen) atoms. The number of anilines is 1. The normalized spacial score (nSPS) is 26.7.